The molecule has 1 unspecified atom stereocenters. The topological polar surface area (TPSA) is 69.9 Å². The van der Waals surface area contributed by atoms with Gasteiger partial charge in [-0.15, -0.1) is 0 Å². The molecular weight excluding hydrogens is 404 g/mol. The molecule has 0 aliphatic rings. The summed E-state index contributed by atoms with van der Waals surface area (Å²) in [6.07, 6.45) is -0.910. The molecule has 0 radical (unpaired) electrons. The Morgan fingerprint density at radius 2 is 0.839 bits per heavy atom. The van der Waals surface area contributed by atoms with Crippen LogP contribution in [0.1, 0.15) is 28.4 Å². The number of rotatable bonds is 7. The lowest BCUT2D eigenvalue weighted by atomic mass is 9.64. The van der Waals surface area contributed by atoms with Crippen LogP contribution in [0.4, 0.5) is 0 Å². The first-order valence-corrected chi connectivity index (χ1v) is 11.8. The fraction of sp³-hybridized carbons (Fsp3) is 0.0769. The van der Waals surface area contributed by atoms with E-state index in [-0.39, 0.29) is 0 Å². The minimum absolute atomic E-state index is 0.716. The highest BCUT2D eigenvalue weighted by molar-refractivity contribution is 6.48. The number of hydrogen-bond donors (Lipinski definition) is 3. The van der Waals surface area contributed by atoms with Crippen molar-refractivity contribution in [2.24, 2.45) is 0 Å². The van der Waals surface area contributed by atoms with E-state index in [1.165, 1.54) is 0 Å². The van der Waals surface area contributed by atoms with E-state index in [0.29, 0.717) is 5.56 Å². The number of benzene rings is 4. The molecule has 0 amide bonds. The van der Waals surface area contributed by atoms with Crippen molar-refractivity contribution in [2.45, 2.75) is 11.5 Å². The van der Waals surface area contributed by atoms with Crippen molar-refractivity contribution in [1.29, 1.82) is 0 Å². The van der Waals surface area contributed by atoms with Crippen LogP contribution >= 0.6 is 0 Å². The van der Waals surface area contributed by atoms with Crippen LogP contribution in [-0.2, 0) is 9.84 Å². The van der Waals surface area contributed by atoms with Crippen LogP contribution in [0, 0.1) is 0 Å². The SMILES string of the molecule is O[Si](O)(O)OC(c1ccccc1)C(c1ccccc1)(c1ccccc1)c1ccccc1. The molecule has 0 fully saturated rings. The quantitative estimate of drug-likeness (QED) is 0.305. The first kappa shape index (κ1) is 21.2. The molecule has 0 aliphatic carbocycles. The zero-order chi connectivity index (χ0) is 21.7. The van der Waals surface area contributed by atoms with Crippen LogP contribution < -0.4 is 0 Å². The summed E-state index contributed by atoms with van der Waals surface area (Å²) in [6.45, 7) is 0. The van der Waals surface area contributed by atoms with Gasteiger partial charge in [0, 0.05) is 0 Å². The van der Waals surface area contributed by atoms with E-state index < -0.39 is 20.6 Å². The highest BCUT2D eigenvalue weighted by Gasteiger charge is 2.50. The van der Waals surface area contributed by atoms with Gasteiger partial charge in [0.25, 0.3) is 0 Å². The van der Waals surface area contributed by atoms with Crippen LogP contribution in [0.15, 0.2) is 121 Å². The molecule has 4 aromatic carbocycles. The third-order valence-corrected chi connectivity index (χ3v) is 6.01. The monoisotopic (exact) mass is 428 g/mol. The highest BCUT2D eigenvalue weighted by Crippen LogP contribution is 2.50. The van der Waals surface area contributed by atoms with Crippen LogP contribution in [0.2, 0.25) is 0 Å². The predicted molar refractivity (Wildman–Crippen MR) is 122 cm³/mol. The van der Waals surface area contributed by atoms with Gasteiger partial charge in [-0.25, -0.2) is 0 Å². The fourth-order valence-corrected chi connectivity index (χ4v) is 4.88. The maximum atomic E-state index is 10.1. The van der Waals surface area contributed by atoms with E-state index in [2.05, 4.69) is 0 Å². The first-order valence-electron chi connectivity index (χ1n) is 10.1. The number of hydrogen-bond acceptors (Lipinski definition) is 4. The Morgan fingerprint density at radius 3 is 1.16 bits per heavy atom. The smallest absolute Gasteiger partial charge is 0.368 e. The molecule has 0 bridgehead atoms. The third kappa shape index (κ3) is 4.37. The van der Waals surface area contributed by atoms with Gasteiger partial charge in [0.05, 0.1) is 11.5 Å². The van der Waals surface area contributed by atoms with Crippen LogP contribution in [0.5, 0.6) is 0 Å². The zero-order valence-corrected chi connectivity index (χ0v) is 17.9. The molecule has 0 saturated heterocycles. The van der Waals surface area contributed by atoms with Crippen molar-refractivity contribution < 1.29 is 18.8 Å². The molecule has 0 heterocycles. The molecule has 0 saturated carbocycles. The Bertz CT molecular complexity index is 985. The molecule has 3 N–H and O–H groups in total. The molecule has 4 rings (SSSR count). The summed E-state index contributed by atoms with van der Waals surface area (Å²) in [4.78, 5) is 30.2. The van der Waals surface area contributed by atoms with E-state index in [9.17, 15) is 14.4 Å². The van der Waals surface area contributed by atoms with Crippen molar-refractivity contribution in [3.05, 3.63) is 144 Å². The van der Waals surface area contributed by atoms with Crippen molar-refractivity contribution in [2.75, 3.05) is 0 Å². The molecule has 0 spiro atoms. The largest absolute Gasteiger partial charge is 0.671 e. The summed E-state index contributed by atoms with van der Waals surface area (Å²) >= 11 is 0. The second-order valence-corrected chi connectivity index (χ2v) is 8.77. The van der Waals surface area contributed by atoms with Gasteiger partial charge >= 0.3 is 9.05 Å². The van der Waals surface area contributed by atoms with E-state index in [4.69, 9.17) is 4.43 Å². The standard InChI is InChI=1S/C26H24O4Si/c27-31(28,29)30-25(21-13-5-1-6-14-21)26(22-15-7-2-8-16-22,23-17-9-3-10-18-23)24-19-11-4-12-20-24/h1-20,25,27-29H. The Hall–Kier alpha value is -3.06. The second kappa shape index (κ2) is 8.97. The Morgan fingerprint density at radius 1 is 0.516 bits per heavy atom. The summed E-state index contributed by atoms with van der Waals surface area (Å²) in [7, 11) is -4.91. The van der Waals surface area contributed by atoms with Crippen molar-refractivity contribution in [3.8, 4) is 0 Å². The normalized spacial score (nSPS) is 13.0. The van der Waals surface area contributed by atoms with Crippen molar-refractivity contribution >= 4 is 9.05 Å². The van der Waals surface area contributed by atoms with Crippen LogP contribution in [0.25, 0.3) is 0 Å². The van der Waals surface area contributed by atoms with Gasteiger partial charge in [-0.1, -0.05) is 121 Å². The fourth-order valence-electron chi connectivity index (χ4n) is 4.25. The molecule has 5 heteroatoms. The van der Waals surface area contributed by atoms with E-state index in [0.717, 1.165) is 16.7 Å². The lowest BCUT2D eigenvalue weighted by Gasteiger charge is -2.43. The summed E-state index contributed by atoms with van der Waals surface area (Å²) in [6, 6.07) is 38.8. The second-order valence-electron chi connectivity index (χ2n) is 7.39. The first-order chi connectivity index (χ1) is 15.0. The van der Waals surface area contributed by atoms with Crippen LogP contribution in [0.3, 0.4) is 0 Å². The lowest BCUT2D eigenvalue weighted by molar-refractivity contribution is 0.00182. The van der Waals surface area contributed by atoms with Gasteiger partial charge in [0.2, 0.25) is 0 Å². The van der Waals surface area contributed by atoms with Gasteiger partial charge in [-0.2, -0.15) is 0 Å². The van der Waals surface area contributed by atoms with Crippen molar-refractivity contribution in [1.82, 2.24) is 0 Å². The molecule has 31 heavy (non-hydrogen) atoms. The van der Waals surface area contributed by atoms with Gasteiger partial charge in [-0.05, 0) is 22.3 Å². The van der Waals surface area contributed by atoms with E-state index in [1.54, 1.807) is 0 Å². The van der Waals surface area contributed by atoms with Gasteiger partial charge in [-0.3, -0.25) is 0 Å². The third-order valence-electron chi connectivity index (χ3n) is 5.46. The maximum Gasteiger partial charge on any atom is 0.671 e. The summed E-state index contributed by atoms with van der Waals surface area (Å²) in [5.74, 6) is 0. The lowest BCUT2D eigenvalue weighted by Crippen LogP contribution is -2.47. The van der Waals surface area contributed by atoms with E-state index >= 15 is 0 Å². The van der Waals surface area contributed by atoms with Gasteiger partial charge < -0.3 is 18.8 Å². The Balaban J connectivity index is 2.12. The minimum atomic E-state index is -4.91. The highest BCUT2D eigenvalue weighted by atomic mass is 28.4. The molecular formula is C26H24O4Si. The molecule has 0 aromatic heterocycles. The van der Waals surface area contributed by atoms with Crippen molar-refractivity contribution in [3.63, 3.8) is 0 Å². The summed E-state index contributed by atoms with van der Waals surface area (Å²) in [5.41, 5.74) is 2.46. The maximum absolute atomic E-state index is 10.1. The molecule has 1 atom stereocenters. The Kier molecular flexibility index (Phi) is 6.13. The molecule has 4 nitrogen and oxygen atoms in total. The average Bonchev–Trinajstić information content (AvgIpc) is 2.81. The average molecular weight is 429 g/mol. The molecule has 156 valence electrons. The minimum Gasteiger partial charge on any atom is -0.368 e. The Labute approximate surface area is 183 Å². The molecule has 4 aromatic rings. The summed E-state index contributed by atoms with van der Waals surface area (Å²) < 4.78 is 5.76. The van der Waals surface area contributed by atoms with Gasteiger partial charge in [0.1, 0.15) is 0 Å². The zero-order valence-electron chi connectivity index (χ0n) is 16.9. The van der Waals surface area contributed by atoms with E-state index in [1.807, 2.05) is 121 Å². The van der Waals surface area contributed by atoms with Gasteiger partial charge in [0.15, 0.2) is 0 Å². The molecule has 0 aliphatic heterocycles. The predicted octanol–water partition coefficient (Wildman–Crippen LogP) is 4.19. The van der Waals surface area contributed by atoms with Crippen LogP contribution in [-0.4, -0.2) is 23.4 Å². The summed E-state index contributed by atoms with van der Waals surface area (Å²) in [5, 5.41) is 0.